The Bertz CT molecular complexity index is 481. The summed E-state index contributed by atoms with van der Waals surface area (Å²) in [7, 11) is 0. The van der Waals surface area contributed by atoms with Gasteiger partial charge in [0.2, 0.25) is 0 Å². The molecule has 1 aliphatic carbocycles. The normalized spacial score (nSPS) is 22.7. The molecule has 2 unspecified atom stereocenters. The molecule has 5 heteroatoms. The second-order valence-electron chi connectivity index (χ2n) is 5.36. The molecule has 2 rings (SSSR count). The van der Waals surface area contributed by atoms with Gasteiger partial charge in [-0.25, -0.2) is 4.39 Å². The van der Waals surface area contributed by atoms with E-state index in [4.69, 9.17) is 11.6 Å². The van der Waals surface area contributed by atoms with Crippen LogP contribution >= 0.6 is 11.6 Å². The molecular formula is C15H19ClFNO2. The van der Waals surface area contributed by atoms with Crippen molar-refractivity contribution in [2.24, 2.45) is 11.8 Å². The van der Waals surface area contributed by atoms with Crippen molar-refractivity contribution in [3.05, 3.63) is 34.6 Å². The van der Waals surface area contributed by atoms with Crippen LogP contribution < -0.4 is 5.32 Å². The third-order valence-corrected chi connectivity index (χ3v) is 4.20. The SMILES string of the molecule is O=C(O)C1CCCCC1CNCc1ccc(Cl)cc1F. The first-order chi connectivity index (χ1) is 9.58. The largest absolute Gasteiger partial charge is 0.481 e. The molecule has 1 aromatic carbocycles. The van der Waals surface area contributed by atoms with Gasteiger partial charge < -0.3 is 10.4 Å². The van der Waals surface area contributed by atoms with Crippen LogP contribution in [0.4, 0.5) is 4.39 Å². The van der Waals surface area contributed by atoms with Crippen molar-refractivity contribution in [3.63, 3.8) is 0 Å². The first-order valence-electron chi connectivity index (χ1n) is 6.95. The average Bonchev–Trinajstić information content (AvgIpc) is 2.41. The molecule has 0 saturated heterocycles. The first kappa shape index (κ1) is 15.3. The third kappa shape index (κ3) is 3.93. The fourth-order valence-electron chi connectivity index (χ4n) is 2.83. The summed E-state index contributed by atoms with van der Waals surface area (Å²) in [5, 5.41) is 12.7. The van der Waals surface area contributed by atoms with Crippen molar-refractivity contribution in [2.75, 3.05) is 6.54 Å². The number of carboxylic acids is 1. The number of nitrogens with one attached hydrogen (secondary N) is 1. The molecule has 0 radical (unpaired) electrons. The monoisotopic (exact) mass is 299 g/mol. The third-order valence-electron chi connectivity index (χ3n) is 3.96. The zero-order chi connectivity index (χ0) is 14.5. The Kier molecular flexibility index (Phi) is 5.38. The number of halogens is 2. The molecule has 1 fully saturated rings. The van der Waals surface area contributed by atoms with Crippen molar-refractivity contribution in [1.29, 1.82) is 0 Å². The minimum atomic E-state index is -0.714. The number of hydrogen-bond donors (Lipinski definition) is 2. The standard InChI is InChI=1S/C15H19ClFNO2/c16-12-6-5-11(14(17)7-12)9-18-8-10-3-1-2-4-13(10)15(19)20/h5-7,10,13,18H,1-4,8-9H2,(H,19,20). The Labute approximate surface area is 123 Å². The Hall–Kier alpha value is -1.13. The number of carboxylic acid groups (broad SMARTS) is 1. The molecule has 3 nitrogen and oxygen atoms in total. The lowest BCUT2D eigenvalue weighted by molar-refractivity contribution is -0.144. The fourth-order valence-corrected chi connectivity index (χ4v) is 2.99. The lowest BCUT2D eigenvalue weighted by Crippen LogP contribution is -2.34. The van der Waals surface area contributed by atoms with Crippen LogP contribution in [-0.2, 0) is 11.3 Å². The molecule has 0 amide bonds. The maximum absolute atomic E-state index is 13.6. The summed E-state index contributed by atoms with van der Waals surface area (Å²) < 4.78 is 13.6. The van der Waals surface area contributed by atoms with Gasteiger partial charge in [-0.2, -0.15) is 0 Å². The Morgan fingerprint density at radius 2 is 2.15 bits per heavy atom. The highest BCUT2D eigenvalue weighted by Gasteiger charge is 2.30. The van der Waals surface area contributed by atoms with E-state index in [0.29, 0.717) is 23.7 Å². The maximum Gasteiger partial charge on any atom is 0.306 e. The summed E-state index contributed by atoms with van der Waals surface area (Å²) in [6, 6.07) is 4.60. The lowest BCUT2D eigenvalue weighted by Gasteiger charge is -2.28. The van der Waals surface area contributed by atoms with Gasteiger partial charge in [0.1, 0.15) is 5.82 Å². The first-order valence-corrected chi connectivity index (χ1v) is 7.33. The van der Waals surface area contributed by atoms with Crippen LogP contribution in [0.15, 0.2) is 18.2 Å². The van der Waals surface area contributed by atoms with Crippen LogP contribution in [-0.4, -0.2) is 17.6 Å². The van der Waals surface area contributed by atoms with Gasteiger partial charge in [-0.1, -0.05) is 30.5 Å². The molecule has 110 valence electrons. The van der Waals surface area contributed by atoms with Gasteiger partial charge in [0, 0.05) is 17.1 Å². The predicted octanol–water partition coefficient (Wildman–Crippen LogP) is 3.46. The quantitative estimate of drug-likeness (QED) is 0.875. The summed E-state index contributed by atoms with van der Waals surface area (Å²) in [6.45, 7) is 1.00. The lowest BCUT2D eigenvalue weighted by atomic mass is 9.79. The van der Waals surface area contributed by atoms with Gasteiger partial charge in [-0.3, -0.25) is 4.79 Å². The fraction of sp³-hybridized carbons (Fsp3) is 0.533. The second-order valence-corrected chi connectivity index (χ2v) is 5.79. The number of benzene rings is 1. The van der Waals surface area contributed by atoms with Gasteiger partial charge in [0.05, 0.1) is 5.92 Å². The van der Waals surface area contributed by atoms with Gasteiger partial charge in [-0.05, 0) is 37.4 Å². The zero-order valence-electron chi connectivity index (χ0n) is 11.2. The number of carbonyl (C=O) groups is 1. The Morgan fingerprint density at radius 3 is 2.85 bits per heavy atom. The summed E-state index contributed by atoms with van der Waals surface area (Å²) in [5.74, 6) is -1.18. The van der Waals surface area contributed by atoms with Crippen LogP contribution in [0.25, 0.3) is 0 Å². The molecule has 0 spiro atoms. The molecule has 0 heterocycles. The summed E-state index contributed by atoms with van der Waals surface area (Å²) >= 11 is 5.70. The highest BCUT2D eigenvalue weighted by molar-refractivity contribution is 6.30. The van der Waals surface area contributed by atoms with Crippen LogP contribution in [0, 0.1) is 17.7 Å². The topological polar surface area (TPSA) is 49.3 Å². The van der Waals surface area contributed by atoms with Crippen LogP contribution in [0.1, 0.15) is 31.2 Å². The highest BCUT2D eigenvalue weighted by Crippen LogP contribution is 2.29. The minimum absolute atomic E-state index is 0.136. The molecule has 0 aliphatic heterocycles. The molecule has 1 aromatic rings. The molecule has 1 saturated carbocycles. The van der Waals surface area contributed by atoms with Crippen molar-refractivity contribution in [3.8, 4) is 0 Å². The van der Waals surface area contributed by atoms with E-state index < -0.39 is 5.97 Å². The van der Waals surface area contributed by atoms with Crippen molar-refractivity contribution in [1.82, 2.24) is 5.32 Å². The Morgan fingerprint density at radius 1 is 1.40 bits per heavy atom. The van der Waals surface area contributed by atoms with E-state index >= 15 is 0 Å². The zero-order valence-corrected chi connectivity index (χ0v) is 12.0. The maximum atomic E-state index is 13.6. The molecular weight excluding hydrogens is 281 g/mol. The molecule has 1 aliphatic rings. The highest BCUT2D eigenvalue weighted by atomic mass is 35.5. The van der Waals surface area contributed by atoms with E-state index in [1.165, 1.54) is 6.07 Å². The summed E-state index contributed by atoms with van der Waals surface area (Å²) in [4.78, 5) is 11.2. The number of rotatable bonds is 5. The molecule has 0 aromatic heterocycles. The van der Waals surface area contributed by atoms with Gasteiger partial charge in [-0.15, -0.1) is 0 Å². The van der Waals surface area contributed by atoms with Gasteiger partial charge >= 0.3 is 5.97 Å². The van der Waals surface area contributed by atoms with E-state index in [-0.39, 0.29) is 17.7 Å². The van der Waals surface area contributed by atoms with Gasteiger partial charge in [0.25, 0.3) is 0 Å². The molecule has 2 atom stereocenters. The van der Waals surface area contributed by atoms with Crippen molar-refractivity contribution < 1.29 is 14.3 Å². The number of aliphatic carboxylic acids is 1. The van der Waals surface area contributed by atoms with E-state index in [1.54, 1.807) is 12.1 Å². The van der Waals surface area contributed by atoms with Crippen molar-refractivity contribution >= 4 is 17.6 Å². The summed E-state index contributed by atoms with van der Waals surface area (Å²) in [6.07, 6.45) is 3.73. The van der Waals surface area contributed by atoms with E-state index in [9.17, 15) is 14.3 Å². The minimum Gasteiger partial charge on any atom is -0.481 e. The van der Waals surface area contributed by atoms with Crippen LogP contribution in [0.2, 0.25) is 5.02 Å². The van der Waals surface area contributed by atoms with Crippen LogP contribution in [0.5, 0.6) is 0 Å². The smallest absolute Gasteiger partial charge is 0.306 e. The molecule has 20 heavy (non-hydrogen) atoms. The Balaban J connectivity index is 1.86. The second kappa shape index (κ2) is 7.04. The van der Waals surface area contributed by atoms with E-state index in [0.717, 1.165) is 25.7 Å². The van der Waals surface area contributed by atoms with Crippen molar-refractivity contribution in [2.45, 2.75) is 32.2 Å². The average molecular weight is 300 g/mol. The van der Waals surface area contributed by atoms with E-state index in [2.05, 4.69) is 5.32 Å². The van der Waals surface area contributed by atoms with E-state index in [1.807, 2.05) is 0 Å². The predicted molar refractivity (Wildman–Crippen MR) is 76.2 cm³/mol. The van der Waals surface area contributed by atoms with Gasteiger partial charge in [0.15, 0.2) is 0 Å². The van der Waals surface area contributed by atoms with Crippen LogP contribution in [0.3, 0.4) is 0 Å². The summed E-state index contributed by atoms with van der Waals surface area (Å²) in [5.41, 5.74) is 0.553. The number of hydrogen-bond acceptors (Lipinski definition) is 2. The molecule has 2 N–H and O–H groups in total. The molecule has 0 bridgehead atoms.